The van der Waals surface area contributed by atoms with Crippen LogP contribution in [0.15, 0.2) is 12.1 Å². The van der Waals surface area contributed by atoms with Gasteiger partial charge >= 0.3 is 0 Å². The molecule has 0 radical (unpaired) electrons. The predicted molar refractivity (Wildman–Crippen MR) is 75.0 cm³/mol. The van der Waals surface area contributed by atoms with Crippen LogP contribution in [-0.2, 0) is 10.2 Å². The van der Waals surface area contributed by atoms with Gasteiger partial charge in [0.05, 0.1) is 27.4 Å². The van der Waals surface area contributed by atoms with Crippen molar-refractivity contribution in [1.82, 2.24) is 0 Å². The Morgan fingerprint density at radius 1 is 1.26 bits per heavy atom. The van der Waals surface area contributed by atoms with Crippen LogP contribution < -0.4 is 15.2 Å². The Kier molecular flexibility index (Phi) is 4.02. The minimum Gasteiger partial charge on any atom is -0.493 e. The third-order valence-corrected chi connectivity index (χ3v) is 3.77. The molecule has 1 aliphatic rings. The van der Waals surface area contributed by atoms with Crippen molar-refractivity contribution in [2.45, 2.75) is 31.7 Å². The molecule has 19 heavy (non-hydrogen) atoms. The molecule has 4 nitrogen and oxygen atoms in total. The number of methoxy groups -OCH3 is 2. The van der Waals surface area contributed by atoms with E-state index in [1.165, 1.54) is 11.1 Å². The number of hydrogen-bond donors (Lipinski definition) is 1. The Labute approximate surface area is 114 Å². The van der Waals surface area contributed by atoms with Gasteiger partial charge in [-0.05, 0) is 43.5 Å². The average Bonchev–Trinajstić information content (AvgIpc) is 2.33. The van der Waals surface area contributed by atoms with E-state index in [-0.39, 0.29) is 11.5 Å². The van der Waals surface area contributed by atoms with Crippen LogP contribution in [0.25, 0.3) is 0 Å². The van der Waals surface area contributed by atoms with Gasteiger partial charge in [0, 0.05) is 11.5 Å². The van der Waals surface area contributed by atoms with Gasteiger partial charge < -0.3 is 19.9 Å². The summed E-state index contributed by atoms with van der Waals surface area (Å²) in [5.74, 6) is 1.53. The Hall–Kier alpha value is -1.26. The molecule has 1 atom stereocenters. The molecule has 1 saturated heterocycles. The lowest BCUT2D eigenvalue weighted by Gasteiger charge is -2.44. The molecule has 2 N–H and O–H groups in total. The Bertz CT molecular complexity index is 453. The fourth-order valence-corrected chi connectivity index (χ4v) is 2.90. The second-order valence-corrected chi connectivity index (χ2v) is 5.48. The van der Waals surface area contributed by atoms with Crippen molar-refractivity contribution in [3.8, 4) is 11.5 Å². The summed E-state index contributed by atoms with van der Waals surface area (Å²) in [6, 6.07) is 4.24. The monoisotopic (exact) mass is 265 g/mol. The molecule has 1 heterocycles. The normalized spacial score (nSPS) is 18.6. The second-order valence-electron chi connectivity index (χ2n) is 5.48. The van der Waals surface area contributed by atoms with Gasteiger partial charge in [-0.3, -0.25) is 0 Å². The molecule has 0 aromatic heterocycles. The van der Waals surface area contributed by atoms with Gasteiger partial charge in [-0.1, -0.05) is 0 Å². The Balaban J connectivity index is 2.43. The van der Waals surface area contributed by atoms with Gasteiger partial charge in [-0.2, -0.15) is 0 Å². The standard InChI is InChI=1S/C15H23NO3/c1-10-5-13(17-3)14(18-4)6-12(10)15(7-11(2)16)8-19-9-15/h5-6,11H,7-9,16H2,1-4H3. The zero-order chi connectivity index (χ0) is 14.0. The first-order valence-electron chi connectivity index (χ1n) is 6.59. The quantitative estimate of drug-likeness (QED) is 0.885. The summed E-state index contributed by atoms with van der Waals surface area (Å²) in [4.78, 5) is 0. The average molecular weight is 265 g/mol. The summed E-state index contributed by atoms with van der Waals surface area (Å²) in [5, 5.41) is 0. The molecule has 2 rings (SSSR count). The van der Waals surface area contributed by atoms with Crippen LogP contribution in [0.3, 0.4) is 0 Å². The summed E-state index contributed by atoms with van der Waals surface area (Å²) in [5.41, 5.74) is 8.47. The minimum absolute atomic E-state index is 0.0256. The molecule has 4 heteroatoms. The largest absolute Gasteiger partial charge is 0.493 e. The van der Waals surface area contributed by atoms with Gasteiger partial charge in [-0.15, -0.1) is 0 Å². The Morgan fingerprint density at radius 3 is 2.26 bits per heavy atom. The maximum atomic E-state index is 5.99. The fourth-order valence-electron chi connectivity index (χ4n) is 2.90. The number of hydrogen-bond acceptors (Lipinski definition) is 4. The first kappa shape index (κ1) is 14.2. The van der Waals surface area contributed by atoms with E-state index < -0.39 is 0 Å². The lowest BCUT2D eigenvalue weighted by Crippen LogP contribution is -2.50. The molecule has 1 aromatic carbocycles. The van der Waals surface area contributed by atoms with Crippen molar-refractivity contribution in [3.63, 3.8) is 0 Å². The number of ether oxygens (including phenoxy) is 3. The van der Waals surface area contributed by atoms with Crippen molar-refractivity contribution in [3.05, 3.63) is 23.3 Å². The zero-order valence-corrected chi connectivity index (χ0v) is 12.2. The van der Waals surface area contributed by atoms with E-state index in [0.717, 1.165) is 31.1 Å². The first-order chi connectivity index (χ1) is 9.02. The number of rotatable bonds is 5. The van der Waals surface area contributed by atoms with E-state index in [1.54, 1.807) is 14.2 Å². The molecule has 0 amide bonds. The summed E-state index contributed by atoms with van der Waals surface area (Å²) in [7, 11) is 3.31. The van der Waals surface area contributed by atoms with E-state index in [2.05, 4.69) is 13.0 Å². The van der Waals surface area contributed by atoms with Gasteiger partial charge in [0.15, 0.2) is 11.5 Å². The highest BCUT2D eigenvalue weighted by atomic mass is 16.5. The molecule has 1 aromatic rings. The smallest absolute Gasteiger partial charge is 0.161 e. The highest BCUT2D eigenvalue weighted by molar-refractivity contribution is 5.50. The van der Waals surface area contributed by atoms with Crippen molar-refractivity contribution in [2.24, 2.45) is 5.73 Å². The van der Waals surface area contributed by atoms with Crippen molar-refractivity contribution in [1.29, 1.82) is 0 Å². The predicted octanol–water partition coefficient (Wildman–Crippen LogP) is 2.02. The molecule has 106 valence electrons. The molecular formula is C15H23NO3. The van der Waals surface area contributed by atoms with Crippen molar-refractivity contribution < 1.29 is 14.2 Å². The molecule has 0 spiro atoms. The maximum Gasteiger partial charge on any atom is 0.161 e. The zero-order valence-electron chi connectivity index (χ0n) is 12.2. The molecule has 1 fully saturated rings. The van der Waals surface area contributed by atoms with Crippen LogP contribution in [0.4, 0.5) is 0 Å². The van der Waals surface area contributed by atoms with E-state index in [4.69, 9.17) is 19.9 Å². The van der Waals surface area contributed by atoms with Gasteiger partial charge in [0.2, 0.25) is 0 Å². The molecular weight excluding hydrogens is 242 g/mol. The van der Waals surface area contributed by atoms with Gasteiger partial charge in [0.25, 0.3) is 0 Å². The lowest BCUT2D eigenvalue weighted by molar-refractivity contribution is -0.0669. The Morgan fingerprint density at radius 2 is 1.84 bits per heavy atom. The molecule has 1 unspecified atom stereocenters. The van der Waals surface area contributed by atoms with Gasteiger partial charge in [-0.25, -0.2) is 0 Å². The van der Waals surface area contributed by atoms with Crippen molar-refractivity contribution in [2.75, 3.05) is 27.4 Å². The molecule has 0 aliphatic carbocycles. The molecule has 0 bridgehead atoms. The number of benzene rings is 1. The third kappa shape index (κ3) is 2.55. The van der Waals surface area contributed by atoms with Crippen LogP contribution >= 0.6 is 0 Å². The fraction of sp³-hybridized carbons (Fsp3) is 0.600. The van der Waals surface area contributed by atoms with Crippen molar-refractivity contribution >= 4 is 0 Å². The van der Waals surface area contributed by atoms with Crippen LogP contribution in [0.1, 0.15) is 24.5 Å². The van der Waals surface area contributed by atoms with E-state index in [9.17, 15) is 0 Å². The third-order valence-electron chi connectivity index (χ3n) is 3.77. The van der Waals surface area contributed by atoms with E-state index in [0.29, 0.717) is 0 Å². The van der Waals surface area contributed by atoms with Crippen LogP contribution in [0, 0.1) is 6.92 Å². The summed E-state index contributed by atoms with van der Waals surface area (Å²) in [6.07, 6.45) is 0.920. The molecule has 1 aliphatic heterocycles. The van der Waals surface area contributed by atoms with E-state index >= 15 is 0 Å². The minimum atomic E-state index is 0.0256. The highest BCUT2D eigenvalue weighted by Gasteiger charge is 2.42. The van der Waals surface area contributed by atoms with Crippen LogP contribution in [0.2, 0.25) is 0 Å². The summed E-state index contributed by atoms with van der Waals surface area (Å²) < 4.78 is 16.2. The highest BCUT2D eigenvalue weighted by Crippen LogP contribution is 2.42. The SMILES string of the molecule is COc1cc(C)c(C2(CC(C)N)COC2)cc1OC. The second kappa shape index (κ2) is 5.39. The summed E-state index contributed by atoms with van der Waals surface area (Å²) in [6.45, 7) is 5.59. The lowest BCUT2D eigenvalue weighted by atomic mass is 9.72. The summed E-state index contributed by atoms with van der Waals surface area (Å²) >= 11 is 0. The number of aryl methyl sites for hydroxylation is 1. The van der Waals surface area contributed by atoms with Crippen LogP contribution in [0.5, 0.6) is 11.5 Å². The maximum absolute atomic E-state index is 5.99. The number of nitrogens with two attached hydrogens (primary N) is 1. The topological polar surface area (TPSA) is 53.7 Å². The van der Waals surface area contributed by atoms with Crippen LogP contribution in [-0.4, -0.2) is 33.5 Å². The molecule has 0 saturated carbocycles. The van der Waals surface area contributed by atoms with E-state index in [1.807, 2.05) is 13.0 Å². The van der Waals surface area contributed by atoms with Gasteiger partial charge in [0.1, 0.15) is 0 Å². The first-order valence-corrected chi connectivity index (χ1v) is 6.59.